The summed E-state index contributed by atoms with van der Waals surface area (Å²) in [6, 6.07) is 6.48. The Morgan fingerprint density at radius 1 is 1.42 bits per heavy atom. The summed E-state index contributed by atoms with van der Waals surface area (Å²) in [5.74, 6) is -0.618. The second-order valence-corrected chi connectivity index (χ2v) is 4.99. The molecule has 0 unspecified atom stereocenters. The van der Waals surface area contributed by atoms with E-state index >= 15 is 0 Å². The summed E-state index contributed by atoms with van der Waals surface area (Å²) in [5.41, 5.74) is 1.66. The smallest absolute Gasteiger partial charge is 0.256 e. The van der Waals surface area contributed by atoms with Gasteiger partial charge in [-0.25, -0.2) is 4.39 Å². The Kier molecular flexibility index (Phi) is 4.16. The zero-order valence-corrected chi connectivity index (χ0v) is 11.6. The lowest BCUT2D eigenvalue weighted by Crippen LogP contribution is -2.27. The minimum absolute atomic E-state index is 0.199. The highest BCUT2D eigenvalue weighted by Crippen LogP contribution is 2.21. The van der Waals surface area contributed by atoms with Gasteiger partial charge in [0.1, 0.15) is 5.82 Å². The van der Waals surface area contributed by atoms with E-state index in [1.54, 1.807) is 42.5 Å². The third-order valence-electron chi connectivity index (χ3n) is 2.84. The number of anilines is 1. The van der Waals surface area contributed by atoms with Crippen molar-refractivity contribution < 1.29 is 9.18 Å². The molecule has 1 N–H and O–H groups in total. The first-order valence-corrected chi connectivity index (χ1v) is 6.80. The fourth-order valence-corrected chi connectivity index (χ4v) is 2.55. The van der Waals surface area contributed by atoms with E-state index in [9.17, 15) is 9.18 Å². The highest BCUT2D eigenvalue weighted by molar-refractivity contribution is 7.07. The standard InChI is InChI=1S/C14H15FN2OS/c1-16-13-11(4-3-5-12(13)15)14(18)17(2)8-10-6-7-19-9-10/h3-7,9,16H,8H2,1-2H3. The molecule has 0 atom stereocenters. The van der Waals surface area contributed by atoms with E-state index in [1.165, 1.54) is 6.07 Å². The Morgan fingerprint density at radius 2 is 2.21 bits per heavy atom. The molecule has 1 aromatic heterocycles. The molecule has 3 nitrogen and oxygen atoms in total. The van der Waals surface area contributed by atoms with Gasteiger partial charge < -0.3 is 10.2 Å². The zero-order chi connectivity index (χ0) is 13.8. The second-order valence-electron chi connectivity index (χ2n) is 4.21. The molecule has 2 rings (SSSR count). The van der Waals surface area contributed by atoms with E-state index in [0.29, 0.717) is 12.1 Å². The van der Waals surface area contributed by atoms with E-state index in [1.807, 2.05) is 16.8 Å². The number of nitrogens with zero attached hydrogens (tertiary/aromatic N) is 1. The molecule has 0 aliphatic rings. The van der Waals surface area contributed by atoms with Crippen molar-refractivity contribution in [3.8, 4) is 0 Å². The van der Waals surface area contributed by atoms with Gasteiger partial charge in [-0.1, -0.05) is 6.07 Å². The molecule has 0 saturated heterocycles. The van der Waals surface area contributed by atoms with Crippen LogP contribution in [0, 0.1) is 5.82 Å². The number of halogens is 1. The summed E-state index contributed by atoms with van der Waals surface area (Å²) in [6.45, 7) is 0.516. The maximum atomic E-state index is 13.6. The van der Waals surface area contributed by atoms with Crippen LogP contribution in [0.2, 0.25) is 0 Å². The van der Waals surface area contributed by atoms with Crippen LogP contribution < -0.4 is 5.32 Å². The molecule has 19 heavy (non-hydrogen) atoms. The summed E-state index contributed by atoms with van der Waals surface area (Å²) in [5, 5.41) is 6.70. The summed E-state index contributed by atoms with van der Waals surface area (Å²) in [4.78, 5) is 13.9. The molecule has 0 fully saturated rings. The first-order valence-electron chi connectivity index (χ1n) is 5.86. The predicted octanol–water partition coefficient (Wildman–Crippen LogP) is 3.20. The third kappa shape index (κ3) is 2.93. The Labute approximate surface area is 115 Å². The van der Waals surface area contributed by atoms with Crippen LogP contribution in [0.25, 0.3) is 0 Å². The van der Waals surface area contributed by atoms with Crippen LogP contribution in [0.4, 0.5) is 10.1 Å². The van der Waals surface area contributed by atoms with Gasteiger partial charge >= 0.3 is 0 Å². The first kappa shape index (κ1) is 13.5. The number of para-hydroxylation sites is 1. The summed E-state index contributed by atoms with van der Waals surface area (Å²) < 4.78 is 13.6. The van der Waals surface area contributed by atoms with Crippen molar-refractivity contribution in [3.05, 3.63) is 52.0 Å². The lowest BCUT2D eigenvalue weighted by molar-refractivity contribution is 0.0786. The fraction of sp³-hybridized carbons (Fsp3) is 0.214. The van der Waals surface area contributed by atoms with Gasteiger partial charge in [-0.2, -0.15) is 11.3 Å². The Hall–Kier alpha value is -1.88. The van der Waals surface area contributed by atoms with E-state index in [4.69, 9.17) is 0 Å². The van der Waals surface area contributed by atoms with Crippen LogP contribution in [0.5, 0.6) is 0 Å². The number of rotatable bonds is 4. The number of amides is 1. The van der Waals surface area contributed by atoms with Crippen LogP contribution in [-0.4, -0.2) is 24.9 Å². The van der Waals surface area contributed by atoms with Crippen molar-refractivity contribution in [1.82, 2.24) is 4.90 Å². The number of carbonyl (C=O) groups excluding carboxylic acids is 1. The number of benzene rings is 1. The average molecular weight is 278 g/mol. The number of nitrogens with one attached hydrogen (secondary N) is 1. The van der Waals surface area contributed by atoms with Gasteiger partial charge in [0.15, 0.2) is 0 Å². The predicted molar refractivity (Wildman–Crippen MR) is 76.1 cm³/mol. The highest BCUT2D eigenvalue weighted by Gasteiger charge is 2.17. The maximum Gasteiger partial charge on any atom is 0.256 e. The molecule has 0 spiro atoms. The molecule has 0 radical (unpaired) electrons. The zero-order valence-electron chi connectivity index (χ0n) is 10.8. The van der Waals surface area contributed by atoms with Crippen LogP contribution in [0.1, 0.15) is 15.9 Å². The fourth-order valence-electron chi connectivity index (χ4n) is 1.89. The number of carbonyl (C=O) groups is 1. The third-order valence-corrected chi connectivity index (χ3v) is 3.57. The van der Waals surface area contributed by atoms with Crippen molar-refractivity contribution in [2.75, 3.05) is 19.4 Å². The van der Waals surface area contributed by atoms with Crippen LogP contribution in [-0.2, 0) is 6.54 Å². The van der Waals surface area contributed by atoms with Gasteiger partial charge in [0.05, 0.1) is 11.3 Å². The van der Waals surface area contributed by atoms with Crippen molar-refractivity contribution >= 4 is 22.9 Å². The monoisotopic (exact) mass is 278 g/mol. The molecule has 1 aromatic carbocycles. The average Bonchev–Trinajstić information content (AvgIpc) is 2.90. The van der Waals surface area contributed by atoms with E-state index in [-0.39, 0.29) is 11.6 Å². The Balaban J connectivity index is 2.22. The maximum absolute atomic E-state index is 13.6. The molecule has 0 aliphatic heterocycles. The van der Waals surface area contributed by atoms with E-state index < -0.39 is 5.82 Å². The van der Waals surface area contributed by atoms with Gasteiger partial charge in [-0.15, -0.1) is 0 Å². The molecular formula is C14H15FN2OS. The summed E-state index contributed by atoms with van der Waals surface area (Å²) >= 11 is 1.59. The van der Waals surface area contributed by atoms with Crippen LogP contribution in [0.3, 0.4) is 0 Å². The quantitative estimate of drug-likeness (QED) is 0.931. The van der Waals surface area contributed by atoms with Gasteiger partial charge in [0, 0.05) is 20.6 Å². The van der Waals surface area contributed by atoms with Crippen molar-refractivity contribution in [2.24, 2.45) is 0 Å². The van der Waals surface area contributed by atoms with Crippen molar-refractivity contribution in [2.45, 2.75) is 6.54 Å². The second kappa shape index (κ2) is 5.84. The molecule has 1 amide bonds. The minimum atomic E-state index is -0.419. The molecule has 0 aliphatic carbocycles. The topological polar surface area (TPSA) is 32.3 Å². The largest absolute Gasteiger partial charge is 0.385 e. The summed E-state index contributed by atoms with van der Waals surface area (Å²) in [6.07, 6.45) is 0. The molecule has 2 aromatic rings. The molecule has 5 heteroatoms. The molecule has 0 bridgehead atoms. The molecule has 1 heterocycles. The van der Waals surface area contributed by atoms with Gasteiger partial charge in [0.25, 0.3) is 5.91 Å². The number of hydrogen-bond acceptors (Lipinski definition) is 3. The number of thiophene rings is 1. The van der Waals surface area contributed by atoms with Gasteiger partial charge in [-0.3, -0.25) is 4.79 Å². The summed E-state index contributed by atoms with van der Waals surface area (Å²) in [7, 11) is 3.32. The normalized spacial score (nSPS) is 10.3. The SMILES string of the molecule is CNc1c(F)cccc1C(=O)N(C)Cc1ccsc1. The molecule has 0 saturated carbocycles. The van der Waals surface area contributed by atoms with Crippen molar-refractivity contribution in [1.29, 1.82) is 0 Å². The number of hydrogen-bond donors (Lipinski definition) is 1. The lowest BCUT2D eigenvalue weighted by Gasteiger charge is -2.18. The Bertz CT molecular complexity index is 569. The first-order chi connectivity index (χ1) is 9.13. The van der Waals surface area contributed by atoms with Crippen LogP contribution in [0.15, 0.2) is 35.0 Å². The van der Waals surface area contributed by atoms with Crippen LogP contribution >= 0.6 is 11.3 Å². The van der Waals surface area contributed by atoms with Crippen molar-refractivity contribution in [3.63, 3.8) is 0 Å². The van der Waals surface area contributed by atoms with Gasteiger partial charge in [-0.05, 0) is 34.5 Å². The lowest BCUT2D eigenvalue weighted by atomic mass is 10.1. The van der Waals surface area contributed by atoms with Gasteiger partial charge in [0.2, 0.25) is 0 Å². The molecule has 100 valence electrons. The highest BCUT2D eigenvalue weighted by atomic mass is 32.1. The van der Waals surface area contributed by atoms with E-state index in [2.05, 4.69) is 5.32 Å². The molecular weight excluding hydrogens is 263 g/mol. The minimum Gasteiger partial charge on any atom is -0.385 e. The van der Waals surface area contributed by atoms with E-state index in [0.717, 1.165) is 5.56 Å². The Morgan fingerprint density at radius 3 is 2.84 bits per heavy atom.